The molecule has 0 saturated carbocycles. The largest absolute Gasteiger partial charge is 0.391 e. The van der Waals surface area contributed by atoms with Gasteiger partial charge in [0.25, 0.3) is 5.91 Å². The van der Waals surface area contributed by atoms with Crippen LogP contribution in [0.1, 0.15) is 53.0 Å². The second-order valence-electron chi connectivity index (χ2n) is 11.8. The van der Waals surface area contributed by atoms with E-state index in [1.807, 2.05) is 42.5 Å². The van der Waals surface area contributed by atoms with E-state index in [9.17, 15) is 19.5 Å². The molecule has 40 heavy (non-hydrogen) atoms. The third kappa shape index (κ3) is 8.49. The topological polar surface area (TPSA) is 120 Å². The zero-order valence-corrected chi connectivity index (χ0v) is 24.7. The van der Waals surface area contributed by atoms with Gasteiger partial charge in [0.15, 0.2) is 0 Å². The van der Waals surface area contributed by atoms with Gasteiger partial charge in [0.2, 0.25) is 11.8 Å². The van der Waals surface area contributed by atoms with Gasteiger partial charge in [-0.15, -0.1) is 0 Å². The van der Waals surface area contributed by atoms with Crippen LogP contribution in [0.4, 0.5) is 0 Å². The fourth-order valence-corrected chi connectivity index (χ4v) is 4.87. The molecule has 9 nitrogen and oxygen atoms in total. The number of carbonyl (C=O) groups is 3. The molecule has 3 rings (SSSR count). The number of benzene rings is 2. The maximum absolute atomic E-state index is 13.5. The summed E-state index contributed by atoms with van der Waals surface area (Å²) in [5.74, 6) is -0.602. The quantitative estimate of drug-likeness (QED) is 0.302. The van der Waals surface area contributed by atoms with Gasteiger partial charge in [-0.2, -0.15) is 0 Å². The van der Waals surface area contributed by atoms with Crippen LogP contribution in [0.15, 0.2) is 42.5 Å². The third-order valence-corrected chi connectivity index (χ3v) is 7.51. The van der Waals surface area contributed by atoms with E-state index in [0.717, 1.165) is 29.3 Å². The predicted octanol–water partition coefficient (Wildman–Crippen LogP) is 2.39. The Morgan fingerprint density at radius 1 is 1.10 bits per heavy atom. The number of aliphatic hydroxyl groups excluding tert-OH is 1. The van der Waals surface area contributed by atoms with Gasteiger partial charge in [0.05, 0.1) is 6.10 Å². The first-order valence-electron chi connectivity index (χ1n) is 14.2. The number of aliphatic hydroxyl groups is 1. The lowest BCUT2D eigenvalue weighted by Gasteiger charge is -2.32. The second-order valence-corrected chi connectivity index (χ2v) is 11.8. The molecule has 2 aromatic carbocycles. The molecule has 220 valence electrons. The predicted molar refractivity (Wildman–Crippen MR) is 157 cm³/mol. The second kappa shape index (κ2) is 14.1. The van der Waals surface area contributed by atoms with Crippen LogP contribution in [0.2, 0.25) is 0 Å². The molecular weight excluding hydrogens is 508 g/mol. The van der Waals surface area contributed by atoms with Gasteiger partial charge < -0.3 is 30.7 Å². The number of ether oxygens (including phenoxy) is 1. The molecule has 0 bridgehead atoms. The van der Waals surface area contributed by atoms with Crippen molar-refractivity contribution in [2.45, 2.75) is 83.7 Å². The van der Waals surface area contributed by atoms with Crippen molar-refractivity contribution in [3.63, 3.8) is 0 Å². The lowest BCUT2D eigenvalue weighted by molar-refractivity contribution is -0.154. The number of likely N-dealkylation sites (tertiary alicyclic amines) is 1. The molecule has 9 heteroatoms. The molecule has 0 aliphatic carbocycles. The Hall–Kier alpha value is -3.01. The first kappa shape index (κ1) is 31.5. The van der Waals surface area contributed by atoms with E-state index < -0.39 is 29.7 Å². The highest BCUT2D eigenvalue weighted by atomic mass is 16.5. The molecule has 1 unspecified atom stereocenters. The minimum absolute atomic E-state index is 0.0342. The molecule has 1 aliphatic rings. The number of nitrogens with one attached hydrogen (secondary N) is 3. The number of rotatable bonds is 13. The summed E-state index contributed by atoms with van der Waals surface area (Å²) in [5, 5.41) is 21.8. The number of hydrogen-bond donors (Lipinski definition) is 4. The highest BCUT2D eigenvalue weighted by Gasteiger charge is 2.44. The summed E-state index contributed by atoms with van der Waals surface area (Å²) in [4.78, 5) is 41.4. The van der Waals surface area contributed by atoms with Crippen molar-refractivity contribution in [3.8, 4) is 0 Å². The van der Waals surface area contributed by atoms with Gasteiger partial charge in [-0.3, -0.25) is 14.4 Å². The molecule has 0 radical (unpaired) electrons. The Kier molecular flexibility index (Phi) is 11.1. The van der Waals surface area contributed by atoms with Crippen molar-refractivity contribution in [1.82, 2.24) is 20.9 Å². The van der Waals surface area contributed by atoms with E-state index in [-0.39, 0.29) is 37.2 Å². The molecule has 1 fully saturated rings. The average molecular weight is 555 g/mol. The summed E-state index contributed by atoms with van der Waals surface area (Å²) in [6.45, 7) is 11.0. The number of hydrogen-bond acceptors (Lipinski definition) is 6. The van der Waals surface area contributed by atoms with Crippen LogP contribution >= 0.6 is 0 Å². The average Bonchev–Trinajstić information content (AvgIpc) is 3.32. The number of nitrogens with zero attached hydrogens (tertiary/aromatic N) is 1. The van der Waals surface area contributed by atoms with E-state index in [0.29, 0.717) is 12.5 Å². The van der Waals surface area contributed by atoms with Gasteiger partial charge in [-0.25, -0.2) is 0 Å². The van der Waals surface area contributed by atoms with Crippen LogP contribution in [0.5, 0.6) is 0 Å². The Balaban J connectivity index is 1.75. The summed E-state index contributed by atoms with van der Waals surface area (Å²) in [5.41, 5.74) is -0.240. The van der Waals surface area contributed by atoms with Gasteiger partial charge >= 0.3 is 0 Å². The highest BCUT2D eigenvalue weighted by molar-refractivity contribution is 5.94. The monoisotopic (exact) mass is 554 g/mol. The Labute approximate surface area is 238 Å². The smallest absolute Gasteiger partial charge is 0.254 e. The first-order valence-corrected chi connectivity index (χ1v) is 14.2. The fraction of sp³-hybridized carbons (Fsp3) is 0.581. The summed E-state index contributed by atoms with van der Waals surface area (Å²) in [6, 6.07) is 12.5. The van der Waals surface area contributed by atoms with Crippen molar-refractivity contribution in [3.05, 3.63) is 48.0 Å². The zero-order chi connectivity index (χ0) is 29.4. The molecule has 4 atom stereocenters. The van der Waals surface area contributed by atoms with E-state index in [2.05, 4.69) is 36.7 Å². The maximum Gasteiger partial charge on any atom is 0.254 e. The Morgan fingerprint density at radius 3 is 2.48 bits per heavy atom. The fourth-order valence-electron chi connectivity index (χ4n) is 4.87. The van der Waals surface area contributed by atoms with E-state index >= 15 is 0 Å². The van der Waals surface area contributed by atoms with E-state index in [1.165, 1.54) is 12.0 Å². The van der Waals surface area contributed by atoms with Crippen LogP contribution in [0, 0.1) is 5.92 Å². The third-order valence-electron chi connectivity index (χ3n) is 7.51. The van der Waals surface area contributed by atoms with Gasteiger partial charge in [-0.1, -0.05) is 56.3 Å². The lowest BCUT2D eigenvalue weighted by Crippen LogP contribution is -2.56. The standard InChI is InChI=1S/C31H46N4O5/c1-20(2)18-33-21(3)13-14-32-28(37)26(16-22-11-12-23-9-7-8-10-24(23)15-22)34-29(38)27-17-25(36)19-35(27)30(39)31(4,5)40-6/h7-12,15,20-21,25-27,33,36H,13-14,16-19H2,1-6H3,(H,32,37)(H,34,38)/t21?,25-,26-,27+/m1/s1. The molecular formula is C31H46N4O5. The van der Waals surface area contributed by atoms with E-state index in [4.69, 9.17) is 4.74 Å². The Bertz CT molecular complexity index is 1170. The number of amides is 3. The molecule has 1 heterocycles. The number of carbonyl (C=O) groups excluding carboxylic acids is 3. The minimum Gasteiger partial charge on any atom is -0.391 e. The van der Waals surface area contributed by atoms with Gasteiger partial charge in [0, 0.05) is 39.1 Å². The number of β-amino-alcohol motifs (C(OH)–C–C–N with tert-alkyl or cyclic N) is 1. The minimum atomic E-state index is -1.15. The zero-order valence-electron chi connectivity index (χ0n) is 24.7. The molecule has 1 saturated heterocycles. The Morgan fingerprint density at radius 2 is 1.80 bits per heavy atom. The van der Waals surface area contributed by atoms with Crippen molar-refractivity contribution in [1.29, 1.82) is 0 Å². The highest BCUT2D eigenvalue weighted by Crippen LogP contribution is 2.24. The summed E-state index contributed by atoms with van der Waals surface area (Å²) < 4.78 is 5.33. The normalized spacial score (nSPS) is 19.1. The molecule has 4 N–H and O–H groups in total. The summed E-state index contributed by atoms with van der Waals surface area (Å²) in [6.07, 6.45) is 0.301. The number of methoxy groups -OCH3 is 1. The van der Waals surface area contributed by atoms with Crippen molar-refractivity contribution in [2.75, 3.05) is 26.7 Å². The summed E-state index contributed by atoms with van der Waals surface area (Å²) in [7, 11) is 1.43. The lowest BCUT2D eigenvalue weighted by atomic mass is 10.0. The van der Waals surface area contributed by atoms with Crippen LogP contribution in [-0.2, 0) is 25.5 Å². The molecule has 1 aliphatic heterocycles. The SMILES string of the molecule is COC(C)(C)C(=O)N1C[C@H](O)C[C@H]1C(=O)N[C@H](Cc1ccc2ccccc2c1)C(=O)NCCC(C)NCC(C)C. The molecule has 0 spiro atoms. The molecule has 3 amide bonds. The van der Waals surface area contributed by atoms with Crippen LogP contribution in [-0.4, -0.2) is 84.3 Å². The number of fused-ring (bicyclic) bond motifs is 1. The van der Waals surface area contributed by atoms with Crippen LogP contribution < -0.4 is 16.0 Å². The van der Waals surface area contributed by atoms with Crippen LogP contribution in [0.25, 0.3) is 10.8 Å². The van der Waals surface area contributed by atoms with Crippen molar-refractivity contribution >= 4 is 28.5 Å². The van der Waals surface area contributed by atoms with E-state index in [1.54, 1.807) is 13.8 Å². The molecule has 0 aromatic heterocycles. The van der Waals surface area contributed by atoms with Crippen molar-refractivity contribution < 1.29 is 24.2 Å². The molecule has 2 aromatic rings. The van der Waals surface area contributed by atoms with Gasteiger partial charge in [0.1, 0.15) is 17.7 Å². The summed E-state index contributed by atoms with van der Waals surface area (Å²) >= 11 is 0. The van der Waals surface area contributed by atoms with Crippen molar-refractivity contribution in [2.24, 2.45) is 5.92 Å². The maximum atomic E-state index is 13.5. The van der Waals surface area contributed by atoms with Crippen LogP contribution in [0.3, 0.4) is 0 Å². The first-order chi connectivity index (χ1) is 18.9. The van der Waals surface area contributed by atoms with Gasteiger partial charge in [-0.05, 0) is 56.0 Å².